The van der Waals surface area contributed by atoms with Crippen LogP contribution in [0.1, 0.15) is 41.4 Å². The average molecular weight is 419 g/mol. The minimum absolute atomic E-state index is 0.0692. The first-order valence-corrected chi connectivity index (χ1v) is 10.7. The normalized spacial score (nSPS) is 12.4. The second-order valence-corrected chi connectivity index (χ2v) is 8.92. The number of aryl methyl sites for hydroxylation is 1. The number of rotatable bonds is 8. The zero-order valence-electron chi connectivity index (χ0n) is 17.0. The van der Waals surface area contributed by atoms with E-state index in [1.54, 1.807) is 0 Å². The second-order valence-electron chi connectivity index (χ2n) is 6.77. The van der Waals surface area contributed by atoms with Gasteiger partial charge in [-0.1, -0.05) is 31.2 Å². The van der Waals surface area contributed by atoms with Gasteiger partial charge < -0.3 is 10.1 Å². The molecule has 0 heterocycles. The molecule has 156 valence electrons. The number of ether oxygens (including phenoxy) is 1. The summed E-state index contributed by atoms with van der Waals surface area (Å²) in [5, 5.41) is 2.78. The molecule has 8 heteroatoms. The lowest BCUT2D eigenvalue weighted by atomic mass is 10.1. The molecular formula is C21H26N2O5S. The van der Waals surface area contributed by atoms with E-state index >= 15 is 0 Å². The fourth-order valence-electron chi connectivity index (χ4n) is 2.60. The maximum Gasteiger partial charge on any atom is 0.338 e. The van der Waals surface area contributed by atoms with Crippen molar-refractivity contribution in [2.45, 2.75) is 31.2 Å². The molecule has 2 aromatic carbocycles. The largest absolute Gasteiger partial charge is 0.452 e. The van der Waals surface area contributed by atoms with Gasteiger partial charge in [0.1, 0.15) is 0 Å². The molecule has 7 nitrogen and oxygen atoms in total. The van der Waals surface area contributed by atoms with Crippen LogP contribution in [0.2, 0.25) is 0 Å². The third-order valence-electron chi connectivity index (χ3n) is 4.47. The van der Waals surface area contributed by atoms with Crippen LogP contribution in [-0.2, 0) is 26.0 Å². The van der Waals surface area contributed by atoms with Crippen LogP contribution in [0.4, 0.5) is 0 Å². The molecule has 0 aliphatic heterocycles. The molecule has 0 saturated carbocycles. The van der Waals surface area contributed by atoms with Gasteiger partial charge in [0.05, 0.1) is 16.5 Å². The van der Waals surface area contributed by atoms with Crippen LogP contribution in [0, 0.1) is 0 Å². The van der Waals surface area contributed by atoms with Gasteiger partial charge in [0.15, 0.2) is 6.61 Å². The number of hydrogen-bond donors (Lipinski definition) is 1. The molecule has 2 aromatic rings. The quantitative estimate of drug-likeness (QED) is 0.665. The number of esters is 1. The monoisotopic (exact) mass is 418 g/mol. The van der Waals surface area contributed by atoms with E-state index in [-0.39, 0.29) is 16.5 Å². The molecule has 0 aliphatic rings. The molecule has 0 spiro atoms. The van der Waals surface area contributed by atoms with Gasteiger partial charge >= 0.3 is 5.97 Å². The number of sulfonamides is 1. The number of carbonyl (C=O) groups excluding carboxylic acids is 2. The van der Waals surface area contributed by atoms with Gasteiger partial charge in [-0.2, -0.15) is 0 Å². The molecule has 29 heavy (non-hydrogen) atoms. The van der Waals surface area contributed by atoms with E-state index in [9.17, 15) is 18.0 Å². The molecule has 0 aromatic heterocycles. The number of benzene rings is 2. The summed E-state index contributed by atoms with van der Waals surface area (Å²) in [4.78, 5) is 24.3. The number of amides is 1. The third-order valence-corrected chi connectivity index (χ3v) is 6.30. The Bertz CT molecular complexity index is 952. The lowest BCUT2D eigenvalue weighted by Crippen LogP contribution is -2.31. The summed E-state index contributed by atoms with van der Waals surface area (Å²) in [5.41, 5.74) is 2.34. The highest BCUT2D eigenvalue weighted by atomic mass is 32.2. The van der Waals surface area contributed by atoms with Gasteiger partial charge in [0.2, 0.25) is 10.0 Å². The van der Waals surface area contributed by atoms with Crippen molar-refractivity contribution in [1.82, 2.24) is 9.62 Å². The Morgan fingerprint density at radius 3 is 2.14 bits per heavy atom. The molecular weight excluding hydrogens is 392 g/mol. The van der Waals surface area contributed by atoms with Crippen LogP contribution >= 0.6 is 0 Å². The highest BCUT2D eigenvalue weighted by Crippen LogP contribution is 2.15. The van der Waals surface area contributed by atoms with Crippen molar-refractivity contribution in [3.63, 3.8) is 0 Å². The summed E-state index contributed by atoms with van der Waals surface area (Å²) in [6, 6.07) is 13.1. The predicted octanol–water partition coefficient (Wildman–Crippen LogP) is 2.53. The average Bonchev–Trinajstić information content (AvgIpc) is 2.72. The Labute approximate surface area is 171 Å². The van der Waals surface area contributed by atoms with Gasteiger partial charge in [0, 0.05) is 14.1 Å². The predicted molar refractivity (Wildman–Crippen MR) is 110 cm³/mol. The highest BCUT2D eigenvalue weighted by Gasteiger charge is 2.18. The van der Waals surface area contributed by atoms with Gasteiger partial charge in [-0.3, -0.25) is 4.79 Å². The van der Waals surface area contributed by atoms with E-state index in [1.165, 1.54) is 43.9 Å². The van der Waals surface area contributed by atoms with E-state index in [0.717, 1.165) is 16.3 Å². The lowest BCUT2D eigenvalue weighted by molar-refractivity contribution is -0.124. The maximum atomic E-state index is 12.1. The first-order valence-electron chi connectivity index (χ1n) is 9.23. The number of nitrogens with zero attached hydrogens (tertiary/aromatic N) is 1. The standard InChI is InChI=1S/C21H26N2O5S/c1-5-16-6-8-17(9-7-16)15(2)22-20(24)14-28-21(25)18-10-12-19(13-11-18)29(26,27)23(3)4/h6-13,15H,5,14H2,1-4H3,(H,22,24)/t15-/m0/s1. The summed E-state index contributed by atoms with van der Waals surface area (Å²) in [6.07, 6.45) is 0.943. The Balaban J connectivity index is 1.90. The molecule has 0 aliphatic carbocycles. The molecule has 0 fully saturated rings. The molecule has 0 unspecified atom stereocenters. The molecule has 1 atom stereocenters. The lowest BCUT2D eigenvalue weighted by Gasteiger charge is -2.15. The van der Waals surface area contributed by atoms with Crippen molar-refractivity contribution in [1.29, 1.82) is 0 Å². The summed E-state index contributed by atoms with van der Waals surface area (Å²) in [7, 11) is -0.721. The highest BCUT2D eigenvalue weighted by molar-refractivity contribution is 7.89. The Morgan fingerprint density at radius 2 is 1.62 bits per heavy atom. The number of carbonyl (C=O) groups is 2. The van der Waals surface area contributed by atoms with E-state index in [0.29, 0.717) is 0 Å². The molecule has 0 saturated heterocycles. The SMILES string of the molecule is CCc1ccc([C@H](C)NC(=O)COC(=O)c2ccc(S(=O)(=O)N(C)C)cc2)cc1. The zero-order valence-corrected chi connectivity index (χ0v) is 17.8. The van der Waals surface area contributed by atoms with Crippen LogP contribution in [0.5, 0.6) is 0 Å². The van der Waals surface area contributed by atoms with E-state index in [2.05, 4.69) is 12.2 Å². The summed E-state index contributed by atoms with van der Waals surface area (Å²) in [5.74, 6) is -1.12. The van der Waals surface area contributed by atoms with E-state index in [1.807, 2.05) is 31.2 Å². The first-order chi connectivity index (χ1) is 13.6. The second kappa shape index (κ2) is 9.67. The Morgan fingerprint density at radius 1 is 1.03 bits per heavy atom. The summed E-state index contributed by atoms with van der Waals surface area (Å²) in [6.45, 7) is 3.50. The van der Waals surface area contributed by atoms with E-state index in [4.69, 9.17) is 4.74 Å². The van der Waals surface area contributed by atoms with Gasteiger partial charge in [-0.25, -0.2) is 17.5 Å². The van der Waals surface area contributed by atoms with Crippen molar-refractivity contribution in [3.05, 3.63) is 65.2 Å². The minimum atomic E-state index is -3.57. The van der Waals surface area contributed by atoms with Crippen LogP contribution in [0.15, 0.2) is 53.4 Å². The fourth-order valence-corrected chi connectivity index (χ4v) is 3.50. The molecule has 1 N–H and O–H groups in total. The maximum absolute atomic E-state index is 12.1. The number of hydrogen-bond acceptors (Lipinski definition) is 5. The van der Waals surface area contributed by atoms with E-state index < -0.39 is 28.5 Å². The van der Waals surface area contributed by atoms with Gasteiger partial charge in [-0.05, 0) is 48.7 Å². The number of nitrogens with one attached hydrogen (secondary N) is 1. The van der Waals surface area contributed by atoms with Crippen molar-refractivity contribution in [2.75, 3.05) is 20.7 Å². The Hall–Kier alpha value is -2.71. The fraction of sp³-hybridized carbons (Fsp3) is 0.333. The molecule has 0 bridgehead atoms. The van der Waals surface area contributed by atoms with Gasteiger partial charge in [0.25, 0.3) is 5.91 Å². The van der Waals surface area contributed by atoms with Gasteiger partial charge in [-0.15, -0.1) is 0 Å². The zero-order chi connectivity index (χ0) is 21.6. The van der Waals surface area contributed by atoms with Crippen molar-refractivity contribution in [3.8, 4) is 0 Å². The van der Waals surface area contributed by atoms with Crippen molar-refractivity contribution >= 4 is 21.9 Å². The smallest absolute Gasteiger partial charge is 0.338 e. The Kier molecular flexibility index (Phi) is 7.53. The topological polar surface area (TPSA) is 92.8 Å². The molecule has 2 rings (SSSR count). The molecule has 0 radical (unpaired) electrons. The summed E-state index contributed by atoms with van der Waals surface area (Å²) >= 11 is 0. The summed E-state index contributed by atoms with van der Waals surface area (Å²) < 4.78 is 30.2. The minimum Gasteiger partial charge on any atom is -0.452 e. The first kappa shape index (κ1) is 22.6. The van der Waals surface area contributed by atoms with Crippen LogP contribution < -0.4 is 5.32 Å². The van der Waals surface area contributed by atoms with Crippen molar-refractivity contribution < 1.29 is 22.7 Å². The van der Waals surface area contributed by atoms with Crippen LogP contribution in [-0.4, -0.2) is 45.3 Å². The molecule has 1 amide bonds. The van der Waals surface area contributed by atoms with Crippen LogP contribution in [0.3, 0.4) is 0 Å². The van der Waals surface area contributed by atoms with Crippen LogP contribution in [0.25, 0.3) is 0 Å². The third kappa shape index (κ3) is 5.88. The van der Waals surface area contributed by atoms with Crippen molar-refractivity contribution in [2.24, 2.45) is 0 Å².